The molecule has 0 unspecified atom stereocenters. The van der Waals surface area contributed by atoms with E-state index in [1.54, 1.807) is 11.1 Å². The minimum atomic E-state index is 0.140. The molecule has 1 aromatic carbocycles. The third-order valence-corrected chi connectivity index (χ3v) is 3.23. The van der Waals surface area contributed by atoms with Crippen molar-refractivity contribution in [2.75, 3.05) is 11.9 Å². The lowest BCUT2D eigenvalue weighted by Crippen LogP contribution is -2.20. The van der Waals surface area contributed by atoms with E-state index in [-0.39, 0.29) is 5.91 Å². The molecule has 1 aliphatic heterocycles. The van der Waals surface area contributed by atoms with E-state index in [0.717, 1.165) is 28.3 Å². The molecular formula is C14H13N3O. The molecule has 0 saturated heterocycles. The van der Waals surface area contributed by atoms with Gasteiger partial charge in [-0.15, -0.1) is 0 Å². The number of amides is 1. The molecule has 90 valence electrons. The van der Waals surface area contributed by atoms with Gasteiger partial charge in [0.2, 0.25) is 5.91 Å². The van der Waals surface area contributed by atoms with Crippen LogP contribution in [0.3, 0.4) is 0 Å². The molecule has 1 aliphatic rings. The highest BCUT2D eigenvalue weighted by Crippen LogP contribution is 2.31. The Labute approximate surface area is 105 Å². The second-order valence-corrected chi connectivity index (χ2v) is 4.46. The van der Waals surface area contributed by atoms with Crippen molar-refractivity contribution in [2.45, 2.75) is 13.3 Å². The predicted molar refractivity (Wildman–Crippen MR) is 69.3 cm³/mol. The van der Waals surface area contributed by atoms with E-state index in [2.05, 4.69) is 9.97 Å². The summed E-state index contributed by atoms with van der Waals surface area (Å²) in [5.41, 5.74) is 3.99. The van der Waals surface area contributed by atoms with Gasteiger partial charge in [0.1, 0.15) is 5.82 Å². The minimum Gasteiger partial charge on any atom is -0.315 e. The molecule has 4 nitrogen and oxygen atoms in total. The minimum absolute atomic E-state index is 0.140. The summed E-state index contributed by atoms with van der Waals surface area (Å²) in [4.78, 5) is 21.8. The van der Waals surface area contributed by atoms with Gasteiger partial charge in [-0.3, -0.25) is 4.79 Å². The Morgan fingerprint density at radius 1 is 1.28 bits per heavy atom. The highest BCUT2D eigenvalue weighted by Gasteiger charge is 2.24. The molecule has 0 aliphatic carbocycles. The van der Waals surface area contributed by atoms with Crippen LogP contribution in [0.25, 0.3) is 11.3 Å². The van der Waals surface area contributed by atoms with E-state index < -0.39 is 0 Å². The maximum Gasteiger partial charge on any atom is 0.231 e. The van der Waals surface area contributed by atoms with E-state index in [0.29, 0.717) is 6.42 Å². The summed E-state index contributed by atoms with van der Waals surface area (Å²) >= 11 is 0. The number of aryl methyl sites for hydroxylation is 1. The van der Waals surface area contributed by atoms with Gasteiger partial charge in [-0.05, 0) is 30.7 Å². The van der Waals surface area contributed by atoms with Crippen molar-refractivity contribution in [3.63, 3.8) is 0 Å². The maximum absolute atomic E-state index is 11.6. The lowest BCUT2D eigenvalue weighted by Gasteiger charge is -2.10. The first-order valence-corrected chi connectivity index (χ1v) is 5.84. The number of likely N-dealkylation sites (N-methyl/N-ethyl adjacent to an activating group) is 1. The number of nitrogens with zero attached hydrogens (tertiary/aromatic N) is 3. The monoisotopic (exact) mass is 239 g/mol. The van der Waals surface area contributed by atoms with Gasteiger partial charge in [-0.2, -0.15) is 0 Å². The molecule has 18 heavy (non-hydrogen) atoms. The van der Waals surface area contributed by atoms with Crippen LogP contribution in [0.2, 0.25) is 0 Å². The summed E-state index contributed by atoms with van der Waals surface area (Å²) in [6, 6.07) is 7.90. The normalized spacial score (nSPS) is 13.9. The molecule has 1 aromatic heterocycles. The van der Waals surface area contributed by atoms with E-state index in [4.69, 9.17) is 0 Å². The first-order valence-electron chi connectivity index (χ1n) is 5.84. The summed E-state index contributed by atoms with van der Waals surface area (Å²) in [5, 5.41) is 0. The molecule has 2 aromatic rings. The second kappa shape index (κ2) is 3.91. The average Bonchev–Trinajstić information content (AvgIpc) is 2.65. The predicted octanol–water partition coefficient (Wildman–Crippen LogP) is 1.97. The fraction of sp³-hybridized carbons (Fsp3) is 0.214. The van der Waals surface area contributed by atoms with Crippen LogP contribution in [-0.2, 0) is 11.2 Å². The van der Waals surface area contributed by atoms with Gasteiger partial charge in [0, 0.05) is 24.5 Å². The van der Waals surface area contributed by atoms with E-state index in [1.165, 1.54) is 0 Å². The van der Waals surface area contributed by atoms with Crippen LogP contribution in [0.15, 0.2) is 30.5 Å². The van der Waals surface area contributed by atoms with E-state index in [1.807, 2.05) is 38.2 Å². The SMILES string of the molecule is Cc1nccc(-c2ccc3c(c2)CC(=O)N3C)n1. The van der Waals surface area contributed by atoms with Gasteiger partial charge >= 0.3 is 0 Å². The smallest absolute Gasteiger partial charge is 0.231 e. The van der Waals surface area contributed by atoms with Crippen molar-refractivity contribution in [1.82, 2.24) is 9.97 Å². The first kappa shape index (κ1) is 10.9. The van der Waals surface area contributed by atoms with Gasteiger partial charge in [0.05, 0.1) is 12.1 Å². The largest absolute Gasteiger partial charge is 0.315 e. The molecule has 0 saturated carbocycles. The standard InChI is InChI=1S/C14H13N3O/c1-9-15-6-5-12(16-9)10-3-4-13-11(7-10)8-14(18)17(13)2/h3-7H,8H2,1-2H3. The zero-order valence-corrected chi connectivity index (χ0v) is 10.3. The van der Waals surface area contributed by atoms with Gasteiger partial charge in [0.25, 0.3) is 0 Å². The maximum atomic E-state index is 11.6. The zero-order chi connectivity index (χ0) is 12.7. The van der Waals surface area contributed by atoms with Crippen LogP contribution < -0.4 is 4.90 Å². The first-order chi connectivity index (χ1) is 8.65. The van der Waals surface area contributed by atoms with Gasteiger partial charge < -0.3 is 4.90 Å². The van der Waals surface area contributed by atoms with Gasteiger partial charge in [-0.1, -0.05) is 6.07 Å². The van der Waals surface area contributed by atoms with Crippen LogP contribution in [0.1, 0.15) is 11.4 Å². The van der Waals surface area contributed by atoms with Crippen LogP contribution in [0.4, 0.5) is 5.69 Å². The lowest BCUT2D eigenvalue weighted by molar-refractivity contribution is -0.117. The van der Waals surface area contributed by atoms with Gasteiger partial charge in [-0.25, -0.2) is 9.97 Å². The highest BCUT2D eigenvalue weighted by atomic mass is 16.2. The molecule has 2 heterocycles. The average molecular weight is 239 g/mol. The Morgan fingerprint density at radius 3 is 2.89 bits per heavy atom. The summed E-state index contributed by atoms with van der Waals surface area (Å²) in [6.07, 6.45) is 2.23. The molecule has 0 N–H and O–H groups in total. The molecule has 3 rings (SSSR count). The lowest BCUT2D eigenvalue weighted by atomic mass is 10.1. The second-order valence-electron chi connectivity index (χ2n) is 4.46. The summed E-state index contributed by atoms with van der Waals surface area (Å²) in [7, 11) is 1.81. The third kappa shape index (κ3) is 1.66. The summed E-state index contributed by atoms with van der Waals surface area (Å²) < 4.78 is 0. The molecule has 4 heteroatoms. The fourth-order valence-corrected chi connectivity index (χ4v) is 2.25. The fourth-order valence-electron chi connectivity index (χ4n) is 2.25. The number of aromatic nitrogens is 2. The van der Waals surface area contributed by atoms with E-state index in [9.17, 15) is 4.79 Å². The Kier molecular flexibility index (Phi) is 2.37. The molecule has 0 bridgehead atoms. The van der Waals surface area contributed by atoms with E-state index >= 15 is 0 Å². The van der Waals surface area contributed by atoms with Crippen molar-refractivity contribution in [1.29, 1.82) is 0 Å². The van der Waals surface area contributed by atoms with Gasteiger partial charge in [0.15, 0.2) is 0 Å². The number of rotatable bonds is 1. The number of anilines is 1. The van der Waals surface area contributed by atoms with Crippen molar-refractivity contribution in [2.24, 2.45) is 0 Å². The van der Waals surface area contributed by atoms with Crippen LogP contribution >= 0.6 is 0 Å². The van der Waals surface area contributed by atoms with Crippen molar-refractivity contribution < 1.29 is 4.79 Å². The van der Waals surface area contributed by atoms with Crippen LogP contribution in [0, 0.1) is 6.92 Å². The van der Waals surface area contributed by atoms with Crippen molar-refractivity contribution in [3.05, 3.63) is 41.9 Å². The number of carbonyl (C=O) groups excluding carboxylic acids is 1. The number of carbonyl (C=O) groups is 1. The number of fused-ring (bicyclic) bond motifs is 1. The molecule has 0 spiro atoms. The molecular weight excluding hydrogens is 226 g/mol. The summed E-state index contributed by atoms with van der Waals surface area (Å²) in [6.45, 7) is 1.87. The number of benzene rings is 1. The molecule has 0 fully saturated rings. The quantitative estimate of drug-likeness (QED) is 0.764. The number of hydrogen-bond acceptors (Lipinski definition) is 3. The Balaban J connectivity index is 2.07. The highest BCUT2D eigenvalue weighted by molar-refractivity contribution is 6.01. The van der Waals surface area contributed by atoms with Crippen molar-refractivity contribution in [3.8, 4) is 11.3 Å². The third-order valence-electron chi connectivity index (χ3n) is 3.23. The Morgan fingerprint density at radius 2 is 2.11 bits per heavy atom. The molecule has 1 amide bonds. The topological polar surface area (TPSA) is 46.1 Å². The number of hydrogen-bond donors (Lipinski definition) is 0. The van der Waals surface area contributed by atoms with Crippen LogP contribution in [-0.4, -0.2) is 22.9 Å². The molecule has 0 radical (unpaired) electrons. The molecule has 0 atom stereocenters. The Hall–Kier alpha value is -2.23. The van der Waals surface area contributed by atoms with Crippen LogP contribution in [0.5, 0.6) is 0 Å². The summed E-state index contributed by atoms with van der Waals surface area (Å²) in [5.74, 6) is 0.891. The Bertz CT molecular complexity index is 637. The van der Waals surface area contributed by atoms with Crippen molar-refractivity contribution >= 4 is 11.6 Å². The zero-order valence-electron chi connectivity index (χ0n) is 10.3.